The van der Waals surface area contributed by atoms with Crippen molar-refractivity contribution < 1.29 is 15.0 Å². The molecule has 0 aromatic carbocycles. The average molecular weight is 342 g/mol. The zero-order chi connectivity index (χ0) is 16.9. The molecule has 24 heavy (non-hydrogen) atoms. The number of carbonyl (C=O) groups is 1. The van der Waals surface area contributed by atoms with Gasteiger partial charge in [0, 0.05) is 17.6 Å². The van der Waals surface area contributed by atoms with Crippen LogP contribution in [-0.4, -0.2) is 37.6 Å². The van der Waals surface area contributed by atoms with Gasteiger partial charge in [-0.3, -0.25) is 9.78 Å². The number of rotatable bonds is 5. The van der Waals surface area contributed by atoms with Crippen LogP contribution in [0.2, 0.25) is 0 Å². The lowest BCUT2D eigenvalue weighted by atomic mass is 10.2. The summed E-state index contributed by atoms with van der Waals surface area (Å²) in [5.74, 6) is -1.83. The normalized spacial score (nSPS) is 10.5. The van der Waals surface area contributed by atoms with Gasteiger partial charge in [-0.2, -0.15) is 4.98 Å². The highest BCUT2D eigenvalue weighted by atomic mass is 32.1. The van der Waals surface area contributed by atoms with Gasteiger partial charge < -0.3 is 15.5 Å². The second kappa shape index (κ2) is 7.05. The largest absolute Gasteiger partial charge is 0.501 e. The summed E-state index contributed by atoms with van der Waals surface area (Å²) in [5, 5.41) is 24.3. The minimum atomic E-state index is -0.658. The molecular formula is C16H14N4O3S. The lowest BCUT2D eigenvalue weighted by Gasteiger charge is -2.08. The molecule has 3 aromatic rings. The number of amides is 1. The molecule has 3 aromatic heterocycles. The van der Waals surface area contributed by atoms with Gasteiger partial charge in [0.2, 0.25) is 5.75 Å². The first-order chi connectivity index (χ1) is 11.6. The van der Waals surface area contributed by atoms with E-state index in [1.54, 1.807) is 35.7 Å². The number of aromatic nitrogens is 3. The van der Waals surface area contributed by atoms with E-state index in [1.165, 1.54) is 0 Å². The van der Waals surface area contributed by atoms with Crippen LogP contribution >= 0.6 is 11.3 Å². The number of hydrogen-bond acceptors (Lipinski definition) is 7. The molecule has 1 amide bonds. The Labute approximate surface area is 141 Å². The minimum absolute atomic E-state index is 0.0642. The first-order valence-corrected chi connectivity index (χ1v) is 8.05. The molecule has 0 unspecified atom stereocenters. The Morgan fingerprint density at radius 3 is 2.75 bits per heavy atom. The fourth-order valence-electron chi connectivity index (χ4n) is 2.05. The number of aromatic hydroxyl groups is 2. The van der Waals surface area contributed by atoms with Crippen molar-refractivity contribution in [2.75, 3.05) is 6.54 Å². The quantitative estimate of drug-likeness (QED) is 0.654. The van der Waals surface area contributed by atoms with E-state index in [0.29, 0.717) is 18.7 Å². The third-order valence-electron chi connectivity index (χ3n) is 3.21. The van der Waals surface area contributed by atoms with Crippen molar-refractivity contribution >= 4 is 17.2 Å². The van der Waals surface area contributed by atoms with E-state index in [9.17, 15) is 15.0 Å². The molecule has 8 heteroatoms. The Morgan fingerprint density at radius 2 is 2.04 bits per heavy atom. The van der Waals surface area contributed by atoms with Crippen molar-refractivity contribution in [1.29, 1.82) is 0 Å². The maximum Gasteiger partial charge on any atom is 0.274 e. The summed E-state index contributed by atoms with van der Waals surface area (Å²) in [7, 11) is 0. The summed E-state index contributed by atoms with van der Waals surface area (Å²) in [6, 6.07) is 9.02. The van der Waals surface area contributed by atoms with Crippen LogP contribution in [0.3, 0.4) is 0 Å². The van der Waals surface area contributed by atoms with Crippen LogP contribution < -0.4 is 5.32 Å². The highest BCUT2D eigenvalue weighted by Crippen LogP contribution is 2.27. The second-order valence-electron chi connectivity index (χ2n) is 4.87. The van der Waals surface area contributed by atoms with E-state index < -0.39 is 17.5 Å². The topological polar surface area (TPSA) is 108 Å². The Bertz CT molecular complexity index is 838. The van der Waals surface area contributed by atoms with Gasteiger partial charge in [0.1, 0.15) is 5.69 Å². The Hall–Kier alpha value is -3.00. The van der Waals surface area contributed by atoms with Crippen LogP contribution in [-0.2, 0) is 6.42 Å². The molecule has 0 radical (unpaired) electrons. The summed E-state index contributed by atoms with van der Waals surface area (Å²) in [6.07, 6.45) is 2.22. The summed E-state index contributed by atoms with van der Waals surface area (Å²) in [5.41, 5.74) is 0.106. The molecule has 0 bridgehead atoms. The third-order valence-corrected chi connectivity index (χ3v) is 4.15. The van der Waals surface area contributed by atoms with Crippen LogP contribution in [0.4, 0.5) is 0 Å². The summed E-state index contributed by atoms with van der Waals surface area (Å²) in [6.45, 7) is 0.391. The van der Waals surface area contributed by atoms with Gasteiger partial charge in [0.25, 0.3) is 11.8 Å². The van der Waals surface area contributed by atoms with Gasteiger partial charge in [-0.15, -0.1) is 11.3 Å². The Kier molecular flexibility index (Phi) is 4.66. The maximum atomic E-state index is 12.2. The maximum absolute atomic E-state index is 12.2. The van der Waals surface area contributed by atoms with E-state index in [2.05, 4.69) is 20.3 Å². The third kappa shape index (κ3) is 3.49. The van der Waals surface area contributed by atoms with Crippen LogP contribution in [0.1, 0.15) is 15.4 Å². The van der Waals surface area contributed by atoms with Gasteiger partial charge in [0.15, 0.2) is 11.5 Å². The van der Waals surface area contributed by atoms with Gasteiger partial charge in [-0.25, -0.2) is 4.98 Å². The predicted octanol–water partition coefficient (Wildman–Crippen LogP) is 1.98. The summed E-state index contributed by atoms with van der Waals surface area (Å²) >= 11 is 1.60. The Morgan fingerprint density at radius 1 is 1.17 bits per heavy atom. The SMILES string of the molecule is O=C(NCCc1cccs1)c1nc(-c2ccccn2)nc(O)c1O. The van der Waals surface area contributed by atoms with Crippen LogP contribution in [0.15, 0.2) is 41.9 Å². The molecule has 0 saturated heterocycles. The fourth-order valence-corrected chi connectivity index (χ4v) is 2.76. The number of pyridine rings is 1. The van der Waals surface area contributed by atoms with Crippen LogP contribution in [0.25, 0.3) is 11.5 Å². The lowest BCUT2D eigenvalue weighted by molar-refractivity contribution is 0.0945. The molecule has 3 N–H and O–H groups in total. The second-order valence-corrected chi connectivity index (χ2v) is 5.90. The van der Waals surface area contributed by atoms with E-state index >= 15 is 0 Å². The first-order valence-electron chi connectivity index (χ1n) is 7.17. The fraction of sp³-hybridized carbons (Fsp3) is 0.125. The van der Waals surface area contributed by atoms with Crippen molar-refractivity contribution in [3.63, 3.8) is 0 Å². The zero-order valence-corrected chi connectivity index (χ0v) is 13.3. The molecule has 0 fully saturated rings. The molecule has 3 heterocycles. The van der Waals surface area contributed by atoms with E-state index in [-0.39, 0.29) is 11.5 Å². The van der Waals surface area contributed by atoms with Crippen LogP contribution in [0.5, 0.6) is 11.6 Å². The van der Waals surface area contributed by atoms with Crippen molar-refractivity contribution in [3.8, 4) is 23.1 Å². The summed E-state index contributed by atoms with van der Waals surface area (Å²) < 4.78 is 0. The smallest absolute Gasteiger partial charge is 0.274 e. The number of nitrogens with zero attached hydrogens (tertiary/aromatic N) is 3. The van der Waals surface area contributed by atoms with Crippen molar-refractivity contribution in [1.82, 2.24) is 20.3 Å². The molecule has 0 saturated carbocycles. The standard InChI is InChI=1S/C16H14N4O3S/c21-13-12(15(22)18-8-6-10-4-3-9-24-10)19-14(20-16(13)23)11-5-1-2-7-17-11/h1-5,7,9,21H,6,8H2,(H,18,22)(H,19,20,23). The summed E-state index contributed by atoms with van der Waals surface area (Å²) in [4.78, 5) is 25.2. The number of thiophene rings is 1. The molecular weight excluding hydrogens is 328 g/mol. The highest BCUT2D eigenvalue weighted by molar-refractivity contribution is 7.09. The van der Waals surface area contributed by atoms with Gasteiger partial charge in [-0.1, -0.05) is 12.1 Å². The predicted molar refractivity (Wildman–Crippen MR) is 88.9 cm³/mol. The molecule has 122 valence electrons. The number of hydrogen-bond donors (Lipinski definition) is 3. The molecule has 0 atom stereocenters. The highest BCUT2D eigenvalue weighted by Gasteiger charge is 2.20. The molecule has 0 aliphatic heterocycles. The van der Waals surface area contributed by atoms with Crippen molar-refractivity contribution in [2.45, 2.75) is 6.42 Å². The van der Waals surface area contributed by atoms with E-state index in [1.807, 2.05) is 17.5 Å². The lowest BCUT2D eigenvalue weighted by Crippen LogP contribution is -2.26. The number of nitrogens with one attached hydrogen (secondary N) is 1. The average Bonchev–Trinajstić information content (AvgIpc) is 3.11. The molecule has 0 aliphatic rings. The molecule has 0 spiro atoms. The minimum Gasteiger partial charge on any atom is -0.501 e. The zero-order valence-electron chi connectivity index (χ0n) is 12.5. The van der Waals surface area contributed by atoms with Crippen LogP contribution in [0, 0.1) is 0 Å². The first kappa shape index (κ1) is 15.9. The van der Waals surface area contributed by atoms with Gasteiger partial charge in [-0.05, 0) is 30.0 Å². The van der Waals surface area contributed by atoms with Crippen molar-refractivity contribution in [2.24, 2.45) is 0 Å². The molecule has 3 rings (SSSR count). The van der Waals surface area contributed by atoms with E-state index in [4.69, 9.17) is 0 Å². The Balaban J connectivity index is 1.78. The number of carbonyl (C=O) groups excluding carboxylic acids is 1. The molecule has 7 nitrogen and oxygen atoms in total. The monoisotopic (exact) mass is 342 g/mol. The van der Waals surface area contributed by atoms with Crippen molar-refractivity contribution in [3.05, 3.63) is 52.5 Å². The van der Waals surface area contributed by atoms with Gasteiger partial charge in [0.05, 0.1) is 0 Å². The molecule has 0 aliphatic carbocycles. The van der Waals surface area contributed by atoms with Gasteiger partial charge >= 0.3 is 0 Å². The van der Waals surface area contributed by atoms with E-state index in [0.717, 1.165) is 4.88 Å².